The van der Waals surface area contributed by atoms with Gasteiger partial charge in [-0.15, -0.1) is 0 Å². The molecule has 132 valence electrons. The van der Waals surface area contributed by atoms with Gasteiger partial charge in [-0.05, 0) is 34.1 Å². The Bertz CT molecular complexity index is 698. The first-order valence-electron chi connectivity index (χ1n) is 7.41. The molecule has 0 radical (unpaired) electrons. The summed E-state index contributed by atoms with van der Waals surface area (Å²) in [6, 6.07) is 4.80. The van der Waals surface area contributed by atoms with Crippen LogP contribution in [-0.4, -0.2) is 29.4 Å². The third kappa shape index (κ3) is 5.42. The topological polar surface area (TPSA) is 39.9 Å². The summed E-state index contributed by atoms with van der Waals surface area (Å²) in [7, 11) is -1.16. The predicted octanol–water partition coefficient (Wildman–Crippen LogP) is 5.04. The summed E-state index contributed by atoms with van der Waals surface area (Å²) in [5.74, 6) is 0. The molecule has 2 rings (SSSR count). The van der Waals surface area contributed by atoms with Gasteiger partial charge in [0.05, 0.1) is 10.2 Å². The molecule has 0 unspecified atom stereocenters. The van der Waals surface area contributed by atoms with Crippen molar-refractivity contribution in [1.82, 2.24) is 14.8 Å². The Morgan fingerprint density at radius 1 is 1.25 bits per heavy atom. The molecule has 2 aromatic heterocycles. The Balaban J connectivity index is 2.09. The van der Waals surface area contributed by atoms with Crippen LogP contribution in [0.2, 0.25) is 25.7 Å². The molecule has 0 aliphatic carbocycles. The molecule has 9 heteroatoms. The van der Waals surface area contributed by atoms with E-state index in [1.165, 1.54) is 12.1 Å². The molecule has 0 saturated carbocycles. The van der Waals surface area contributed by atoms with E-state index in [-0.39, 0.29) is 12.4 Å². The van der Waals surface area contributed by atoms with Crippen LogP contribution in [0.4, 0.5) is 13.2 Å². The molecule has 0 aromatic carbocycles. The second-order valence-electron chi connectivity index (χ2n) is 6.62. The van der Waals surface area contributed by atoms with Gasteiger partial charge in [0, 0.05) is 20.9 Å². The lowest BCUT2D eigenvalue weighted by molar-refractivity contribution is -0.141. The van der Waals surface area contributed by atoms with Crippen molar-refractivity contribution in [1.29, 1.82) is 0 Å². The van der Waals surface area contributed by atoms with Crippen LogP contribution in [-0.2, 0) is 17.6 Å². The minimum atomic E-state index is -4.48. The first-order valence-corrected chi connectivity index (χ1v) is 11.9. The van der Waals surface area contributed by atoms with Crippen molar-refractivity contribution in [3.05, 3.63) is 34.6 Å². The highest BCUT2D eigenvalue weighted by Gasteiger charge is 2.32. The Hall–Kier alpha value is -1.19. The fraction of sp³-hybridized carbons (Fsp3) is 0.467. The maximum Gasteiger partial charge on any atom is 0.433 e. The molecule has 0 saturated heterocycles. The van der Waals surface area contributed by atoms with Crippen molar-refractivity contribution in [3.8, 4) is 11.4 Å². The van der Waals surface area contributed by atoms with Crippen LogP contribution in [0.3, 0.4) is 0 Å². The molecule has 24 heavy (non-hydrogen) atoms. The second kappa shape index (κ2) is 7.36. The van der Waals surface area contributed by atoms with Gasteiger partial charge in [0.15, 0.2) is 0 Å². The van der Waals surface area contributed by atoms with Gasteiger partial charge in [-0.25, -0.2) is 9.67 Å². The monoisotopic (exact) mass is 421 g/mol. The second-order valence-corrected chi connectivity index (χ2v) is 13.1. The Morgan fingerprint density at radius 2 is 1.96 bits per heavy atom. The van der Waals surface area contributed by atoms with Gasteiger partial charge in [-0.1, -0.05) is 25.7 Å². The van der Waals surface area contributed by atoms with Crippen LogP contribution < -0.4 is 0 Å². The molecule has 0 fully saturated rings. The van der Waals surface area contributed by atoms with Crippen LogP contribution in [0.1, 0.15) is 5.69 Å². The van der Waals surface area contributed by atoms with Crippen molar-refractivity contribution in [2.24, 2.45) is 0 Å². The Labute approximate surface area is 148 Å². The van der Waals surface area contributed by atoms with Crippen molar-refractivity contribution in [2.75, 3.05) is 6.61 Å². The van der Waals surface area contributed by atoms with Gasteiger partial charge >= 0.3 is 6.18 Å². The van der Waals surface area contributed by atoms with Crippen LogP contribution in [0, 0.1) is 0 Å². The quantitative estimate of drug-likeness (QED) is 0.484. The molecular formula is C15H19BrF3N3OSi. The highest BCUT2D eigenvalue weighted by molar-refractivity contribution is 9.10. The lowest BCUT2D eigenvalue weighted by Crippen LogP contribution is -2.22. The standard InChI is InChI=1S/C15H19BrF3N3OSi/c1-24(2,3)8-7-23-10-22-9-11(16)14(21-22)12-5-4-6-13(20-12)15(17,18)19/h4-6,9H,7-8,10H2,1-3H3. The maximum absolute atomic E-state index is 12.8. The zero-order valence-corrected chi connectivity index (χ0v) is 16.3. The minimum Gasteiger partial charge on any atom is -0.360 e. The molecule has 0 N–H and O–H groups in total. The van der Waals surface area contributed by atoms with Gasteiger partial charge in [-0.2, -0.15) is 18.3 Å². The lowest BCUT2D eigenvalue weighted by atomic mass is 10.2. The Kier molecular flexibility index (Phi) is 5.87. The molecule has 0 atom stereocenters. The van der Waals surface area contributed by atoms with Gasteiger partial charge in [-0.3, -0.25) is 0 Å². The largest absolute Gasteiger partial charge is 0.433 e. The van der Waals surface area contributed by atoms with Gasteiger partial charge < -0.3 is 4.74 Å². The van der Waals surface area contributed by atoms with E-state index < -0.39 is 19.9 Å². The summed E-state index contributed by atoms with van der Waals surface area (Å²) in [5, 5.41) is 4.26. The molecule has 0 aliphatic rings. The fourth-order valence-electron chi connectivity index (χ4n) is 1.90. The van der Waals surface area contributed by atoms with Crippen molar-refractivity contribution in [2.45, 2.75) is 38.6 Å². The number of alkyl halides is 3. The summed E-state index contributed by atoms with van der Waals surface area (Å²) in [6.07, 6.45) is -2.81. The zero-order valence-electron chi connectivity index (χ0n) is 13.7. The average molecular weight is 422 g/mol. The number of rotatable bonds is 6. The third-order valence-electron chi connectivity index (χ3n) is 3.22. The SMILES string of the molecule is C[Si](C)(C)CCOCn1cc(Br)c(-c2cccc(C(F)(F)F)n2)n1. The summed E-state index contributed by atoms with van der Waals surface area (Å²) in [4.78, 5) is 3.65. The highest BCUT2D eigenvalue weighted by Crippen LogP contribution is 2.31. The number of ether oxygens (including phenoxy) is 1. The smallest absolute Gasteiger partial charge is 0.360 e. The van der Waals surface area contributed by atoms with E-state index in [0.29, 0.717) is 16.8 Å². The molecular weight excluding hydrogens is 403 g/mol. The molecule has 0 amide bonds. The molecule has 0 bridgehead atoms. The van der Waals surface area contributed by atoms with E-state index in [1.54, 1.807) is 10.9 Å². The Morgan fingerprint density at radius 3 is 2.58 bits per heavy atom. The first kappa shape index (κ1) is 19.1. The van der Waals surface area contributed by atoms with E-state index in [4.69, 9.17) is 4.74 Å². The number of pyridine rings is 1. The summed E-state index contributed by atoms with van der Waals surface area (Å²) in [6.45, 7) is 7.68. The van der Waals surface area contributed by atoms with Crippen LogP contribution >= 0.6 is 15.9 Å². The van der Waals surface area contributed by atoms with E-state index in [9.17, 15) is 13.2 Å². The van der Waals surface area contributed by atoms with Gasteiger partial charge in [0.2, 0.25) is 0 Å². The van der Waals surface area contributed by atoms with Crippen LogP contribution in [0.15, 0.2) is 28.9 Å². The average Bonchev–Trinajstić information content (AvgIpc) is 2.83. The minimum absolute atomic E-state index is 0.164. The molecule has 2 aromatic rings. The number of nitrogens with zero attached hydrogens (tertiary/aromatic N) is 3. The van der Waals surface area contributed by atoms with E-state index in [0.717, 1.165) is 12.1 Å². The van der Waals surface area contributed by atoms with Crippen molar-refractivity contribution < 1.29 is 17.9 Å². The summed E-state index contributed by atoms with van der Waals surface area (Å²) >= 11 is 3.32. The van der Waals surface area contributed by atoms with Crippen molar-refractivity contribution >= 4 is 24.0 Å². The summed E-state index contributed by atoms with van der Waals surface area (Å²) < 4.78 is 46.0. The van der Waals surface area contributed by atoms with E-state index in [2.05, 4.69) is 45.7 Å². The molecule has 2 heterocycles. The van der Waals surface area contributed by atoms with Gasteiger partial charge in [0.1, 0.15) is 18.1 Å². The van der Waals surface area contributed by atoms with E-state index in [1.807, 2.05) is 0 Å². The number of hydrogen-bond acceptors (Lipinski definition) is 3. The lowest BCUT2D eigenvalue weighted by Gasteiger charge is -2.15. The van der Waals surface area contributed by atoms with Gasteiger partial charge in [0.25, 0.3) is 0 Å². The molecule has 0 spiro atoms. The van der Waals surface area contributed by atoms with Crippen LogP contribution in [0.5, 0.6) is 0 Å². The number of halogens is 4. The zero-order chi connectivity index (χ0) is 18.0. The summed E-state index contributed by atoms with van der Waals surface area (Å²) in [5.41, 5.74) is -0.416. The molecule has 0 aliphatic heterocycles. The number of aromatic nitrogens is 3. The first-order chi connectivity index (χ1) is 11.1. The van der Waals surface area contributed by atoms with Crippen molar-refractivity contribution in [3.63, 3.8) is 0 Å². The highest BCUT2D eigenvalue weighted by atomic mass is 79.9. The maximum atomic E-state index is 12.8. The predicted molar refractivity (Wildman–Crippen MR) is 92.3 cm³/mol. The van der Waals surface area contributed by atoms with E-state index >= 15 is 0 Å². The van der Waals surface area contributed by atoms with Crippen LogP contribution in [0.25, 0.3) is 11.4 Å². The number of hydrogen-bond donors (Lipinski definition) is 0. The fourth-order valence-corrected chi connectivity index (χ4v) is 3.17. The molecule has 4 nitrogen and oxygen atoms in total. The third-order valence-corrected chi connectivity index (χ3v) is 5.50. The normalized spacial score (nSPS) is 12.6.